The number of carbonyl (C=O) groups excluding carboxylic acids is 1. The quantitative estimate of drug-likeness (QED) is 0.866. The number of halogens is 2. The van der Waals surface area contributed by atoms with Crippen LogP contribution in [-0.4, -0.2) is 18.5 Å². The molecule has 98 valence electrons. The molecule has 0 aliphatic heterocycles. The average molecular weight is 254 g/mol. The van der Waals surface area contributed by atoms with Crippen molar-refractivity contribution in [3.63, 3.8) is 0 Å². The summed E-state index contributed by atoms with van der Waals surface area (Å²) in [7, 11) is 0. The number of amides is 1. The van der Waals surface area contributed by atoms with E-state index in [2.05, 4.69) is 10.6 Å². The van der Waals surface area contributed by atoms with Crippen LogP contribution in [0.15, 0.2) is 18.2 Å². The van der Waals surface area contributed by atoms with Crippen molar-refractivity contribution in [3.05, 3.63) is 29.8 Å². The van der Waals surface area contributed by atoms with E-state index in [9.17, 15) is 13.6 Å². The summed E-state index contributed by atoms with van der Waals surface area (Å²) in [5.41, 5.74) is -0.117. The second kappa shape index (κ2) is 5.91. The van der Waals surface area contributed by atoms with Crippen molar-refractivity contribution in [2.45, 2.75) is 31.7 Å². The van der Waals surface area contributed by atoms with Gasteiger partial charge in [-0.3, -0.25) is 4.79 Å². The number of hydrogen-bond donors (Lipinski definition) is 2. The summed E-state index contributed by atoms with van der Waals surface area (Å²) in [6.07, 6.45) is 4.50. The van der Waals surface area contributed by atoms with Crippen molar-refractivity contribution in [2.75, 3.05) is 11.9 Å². The molecule has 1 aliphatic rings. The maximum Gasteiger partial charge on any atom is 0.238 e. The highest BCUT2D eigenvalue weighted by Gasteiger charge is 2.15. The zero-order chi connectivity index (χ0) is 13.0. The molecule has 1 fully saturated rings. The molecule has 0 spiro atoms. The van der Waals surface area contributed by atoms with E-state index in [1.54, 1.807) is 0 Å². The molecule has 0 bridgehead atoms. The van der Waals surface area contributed by atoms with Gasteiger partial charge in [0.2, 0.25) is 5.91 Å². The fourth-order valence-corrected chi connectivity index (χ4v) is 2.15. The van der Waals surface area contributed by atoms with Crippen LogP contribution in [0.5, 0.6) is 0 Å². The monoisotopic (exact) mass is 254 g/mol. The summed E-state index contributed by atoms with van der Waals surface area (Å²) in [5.74, 6) is -1.56. The maximum atomic E-state index is 13.3. The molecule has 3 nitrogen and oxygen atoms in total. The summed E-state index contributed by atoms with van der Waals surface area (Å²) in [5, 5.41) is 5.47. The van der Waals surface area contributed by atoms with Crippen LogP contribution in [0.3, 0.4) is 0 Å². The molecule has 1 aromatic carbocycles. The third-order valence-electron chi connectivity index (χ3n) is 3.11. The van der Waals surface area contributed by atoms with Gasteiger partial charge in [0.05, 0.1) is 12.2 Å². The van der Waals surface area contributed by atoms with Crippen LogP contribution in [0.2, 0.25) is 0 Å². The SMILES string of the molecule is O=C(CNC1CCCC1)Nc1cc(F)ccc1F. The molecule has 2 N–H and O–H groups in total. The van der Waals surface area contributed by atoms with E-state index in [-0.39, 0.29) is 18.1 Å². The van der Waals surface area contributed by atoms with E-state index in [4.69, 9.17) is 0 Å². The molecule has 2 rings (SSSR count). The first-order valence-electron chi connectivity index (χ1n) is 6.13. The Bertz CT molecular complexity index is 431. The molecule has 5 heteroatoms. The minimum atomic E-state index is -0.634. The van der Waals surface area contributed by atoms with Crippen molar-refractivity contribution in [1.82, 2.24) is 5.32 Å². The van der Waals surface area contributed by atoms with Crippen molar-refractivity contribution in [3.8, 4) is 0 Å². The van der Waals surface area contributed by atoms with Crippen LogP contribution in [-0.2, 0) is 4.79 Å². The fourth-order valence-electron chi connectivity index (χ4n) is 2.15. The summed E-state index contributed by atoms with van der Waals surface area (Å²) in [6, 6.07) is 3.35. The van der Waals surface area contributed by atoms with E-state index in [0.29, 0.717) is 6.04 Å². The number of hydrogen-bond acceptors (Lipinski definition) is 2. The first-order valence-corrected chi connectivity index (χ1v) is 6.13. The molecule has 0 unspecified atom stereocenters. The van der Waals surface area contributed by atoms with E-state index >= 15 is 0 Å². The van der Waals surface area contributed by atoms with E-state index < -0.39 is 11.6 Å². The third kappa shape index (κ3) is 3.50. The molecule has 0 atom stereocenters. The smallest absolute Gasteiger partial charge is 0.238 e. The van der Waals surface area contributed by atoms with Crippen LogP contribution in [0.4, 0.5) is 14.5 Å². The Morgan fingerprint density at radius 3 is 2.72 bits per heavy atom. The van der Waals surface area contributed by atoms with Gasteiger partial charge in [0.1, 0.15) is 11.6 Å². The second-order valence-corrected chi connectivity index (χ2v) is 4.53. The number of benzene rings is 1. The fraction of sp³-hybridized carbons (Fsp3) is 0.462. The van der Waals surface area contributed by atoms with Crippen LogP contribution in [0.1, 0.15) is 25.7 Å². The number of rotatable bonds is 4. The molecule has 0 saturated heterocycles. The Hall–Kier alpha value is -1.49. The lowest BCUT2D eigenvalue weighted by molar-refractivity contribution is -0.115. The van der Waals surface area contributed by atoms with E-state index in [1.165, 1.54) is 12.8 Å². The molecule has 1 saturated carbocycles. The van der Waals surface area contributed by atoms with Gasteiger partial charge >= 0.3 is 0 Å². The van der Waals surface area contributed by atoms with Gasteiger partial charge in [-0.2, -0.15) is 0 Å². The highest BCUT2D eigenvalue weighted by atomic mass is 19.1. The van der Waals surface area contributed by atoms with Gasteiger partial charge in [0.25, 0.3) is 0 Å². The summed E-state index contributed by atoms with van der Waals surface area (Å²) in [6.45, 7) is 0.126. The van der Waals surface area contributed by atoms with Crippen molar-refractivity contribution in [2.24, 2.45) is 0 Å². The second-order valence-electron chi connectivity index (χ2n) is 4.53. The van der Waals surface area contributed by atoms with E-state index in [1.807, 2.05) is 0 Å². The van der Waals surface area contributed by atoms with Gasteiger partial charge < -0.3 is 10.6 Å². The van der Waals surface area contributed by atoms with Crippen LogP contribution < -0.4 is 10.6 Å². The Labute approximate surface area is 105 Å². The van der Waals surface area contributed by atoms with Gasteiger partial charge in [-0.15, -0.1) is 0 Å². The minimum Gasteiger partial charge on any atom is -0.322 e. The lowest BCUT2D eigenvalue weighted by Gasteiger charge is -2.12. The normalized spacial score (nSPS) is 15.9. The third-order valence-corrected chi connectivity index (χ3v) is 3.11. The molecule has 0 aromatic heterocycles. The summed E-state index contributed by atoms with van der Waals surface area (Å²) < 4.78 is 26.2. The van der Waals surface area contributed by atoms with Gasteiger partial charge in [-0.05, 0) is 25.0 Å². The molecular formula is C13H16F2N2O. The van der Waals surface area contributed by atoms with Crippen molar-refractivity contribution >= 4 is 11.6 Å². The van der Waals surface area contributed by atoms with E-state index in [0.717, 1.165) is 31.0 Å². The molecular weight excluding hydrogens is 238 g/mol. The highest BCUT2D eigenvalue weighted by Crippen LogP contribution is 2.17. The number of anilines is 1. The Morgan fingerprint density at radius 1 is 1.28 bits per heavy atom. The number of carbonyl (C=O) groups is 1. The van der Waals surface area contributed by atoms with Crippen LogP contribution >= 0.6 is 0 Å². The summed E-state index contributed by atoms with van der Waals surface area (Å²) in [4.78, 5) is 11.6. The zero-order valence-corrected chi connectivity index (χ0v) is 10.0. The standard InChI is InChI=1S/C13H16F2N2O/c14-9-5-6-11(15)12(7-9)17-13(18)8-16-10-3-1-2-4-10/h5-7,10,16H,1-4,8H2,(H,17,18). The van der Waals surface area contributed by atoms with Crippen LogP contribution in [0.25, 0.3) is 0 Å². The average Bonchev–Trinajstić information content (AvgIpc) is 2.84. The lowest BCUT2D eigenvalue weighted by Crippen LogP contribution is -2.34. The first kappa shape index (κ1) is 13.0. The molecule has 18 heavy (non-hydrogen) atoms. The highest BCUT2D eigenvalue weighted by molar-refractivity contribution is 5.92. The lowest BCUT2D eigenvalue weighted by atomic mass is 10.2. The predicted octanol–water partition coefficient (Wildman–Crippen LogP) is 2.44. The molecule has 1 amide bonds. The van der Waals surface area contributed by atoms with Crippen molar-refractivity contribution < 1.29 is 13.6 Å². The molecule has 1 aromatic rings. The van der Waals surface area contributed by atoms with Gasteiger partial charge in [0.15, 0.2) is 0 Å². The minimum absolute atomic E-state index is 0.117. The first-order chi connectivity index (χ1) is 8.65. The molecule has 0 heterocycles. The van der Waals surface area contributed by atoms with Crippen molar-refractivity contribution in [1.29, 1.82) is 0 Å². The predicted molar refractivity (Wildman–Crippen MR) is 65.2 cm³/mol. The van der Waals surface area contributed by atoms with Gasteiger partial charge in [-0.25, -0.2) is 8.78 Å². The number of nitrogens with one attached hydrogen (secondary N) is 2. The van der Waals surface area contributed by atoms with Gasteiger partial charge in [0, 0.05) is 12.1 Å². The largest absolute Gasteiger partial charge is 0.322 e. The Morgan fingerprint density at radius 2 is 2.00 bits per heavy atom. The maximum absolute atomic E-state index is 13.3. The molecule has 0 radical (unpaired) electrons. The topological polar surface area (TPSA) is 41.1 Å². The van der Waals surface area contributed by atoms with Crippen LogP contribution in [0, 0.1) is 11.6 Å². The summed E-state index contributed by atoms with van der Waals surface area (Å²) >= 11 is 0. The Balaban J connectivity index is 1.84. The Kier molecular flexibility index (Phi) is 4.25. The molecule has 1 aliphatic carbocycles. The van der Waals surface area contributed by atoms with Gasteiger partial charge in [-0.1, -0.05) is 12.8 Å². The zero-order valence-electron chi connectivity index (χ0n) is 10.0.